The van der Waals surface area contributed by atoms with Crippen molar-refractivity contribution < 1.29 is 19.1 Å². The van der Waals surface area contributed by atoms with E-state index in [1.54, 1.807) is 18.2 Å². The van der Waals surface area contributed by atoms with Gasteiger partial charge in [-0.2, -0.15) is 0 Å². The fourth-order valence-corrected chi connectivity index (χ4v) is 1.98. The number of halogens is 2. The topological polar surface area (TPSA) is 75.7 Å². The molecule has 0 spiro atoms. The molecular formula is C13H10Cl2N2O4. The van der Waals surface area contributed by atoms with Gasteiger partial charge in [0.25, 0.3) is 5.91 Å². The lowest BCUT2D eigenvalue weighted by atomic mass is 10.2. The number of nitrogens with zero attached hydrogens (tertiary/aromatic N) is 1. The van der Waals surface area contributed by atoms with Gasteiger partial charge in [0.15, 0.2) is 0 Å². The Morgan fingerprint density at radius 3 is 2.67 bits per heavy atom. The lowest BCUT2D eigenvalue weighted by Gasteiger charge is -2.09. The summed E-state index contributed by atoms with van der Waals surface area (Å²) >= 11 is 11.7. The highest BCUT2D eigenvalue weighted by molar-refractivity contribution is 6.42. The van der Waals surface area contributed by atoms with Crippen LogP contribution in [-0.4, -0.2) is 36.5 Å². The molecule has 1 heterocycles. The van der Waals surface area contributed by atoms with Crippen LogP contribution < -0.4 is 5.32 Å². The molecule has 0 aromatic heterocycles. The fourth-order valence-electron chi connectivity index (χ4n) is 1.68. The number of carbonyl (C=O) groups excluding carboxylic acids is 3. The number of benzene rings is 1. The van der Waals surface area contributed by atoms with E-state index in [1.165, 1.54) is 13.2 Å². The van der Waals surface area contributed by atoms with E-state index in [-0.39, 0.29) is 5.70 Å². The molecule has 1 aliphatic heterocycles. The monoisotopic (exact) mass is 328 g/mol. The quantitative estimate of drug-likeness (QED) is 0.523. The van der Waals surface area contributed by atoms with Crippen molar-refractivity contribution in [3.8, 4) is 0 Å². The largest absolute Gasteiger partial charge is 0.468 e. The molecule has 0 bridgehead atoms. The number of urea groups is 1. The van der Waals surface area contributed by atoms with Crippen molar-refractivity contribution in [1.82, 2.24) is 10.2 Å². The lowest BCUT2D eigenvalue weighted by molar-refractivity contribution is -0.143. The normalized spacial score (nSPS) is 16.3. The second-order valence-electron chi connectivity index (χ2n) is 4.13. The SMILES string of the molecule is COC(=O)CN1C(=O)NC(=Cc2ccc(Cl)c(Cl)c2)C1=O. The molecule has 1 aromatic carbocycles. The second-order valence-corrected chi connectivity index (χ2v) is 4.94. The van der Waals surface area contributed by atoms with Crippen molar-refractivity contribution in [2.24, 2.45) is 0 Å². The Morgan fingerprint density at radius 2 is 2.05 bits per heavy atom. The minimum Gasteiger partial charge on any atom is -0.468 e. The van der Waals surface area contributed by atoms with Gasteiger partial charge in [-0.1, -0.05) is 29.3 Å². The van der Waals surface area contributed by atoms with E-state index in [1.807, 2.05) is 0 Å². The molecular weight excluding hydrogens is 319 g/mol. The molecule has 8 heteroatoms. The third kappa shape index (κ3) is 3.34. The Labute approximate surface area is 130 Å². The number of carbonyl (C=O) groups is 3. The maximum atomic E-state index is 12.0. The van der Waals surface area contributed by atoms with Gasteiger partial charge in [-0.3, -0.25) is 9.59 Å². The number of amides is 3. The molecule has 1 aliphatic rings. The van der Waals surface area contributed by atoms with Crippen molar-refractivity contribution >= 4 is 47.2 Å². The van der Waals surface area contributed by atoms with E-state index in [0.29, 0.717) is 15.6 Å². The van der Waals surface area contributed by atoms with Crippen molar-refractivity contribution in [1.29, 1.82) is 0 Å². The molecule has 0 atom stereocenters. The Hall–Kier alpha value is -2.05. The van der Waals surface area contributed by atoms with Crippen molar-refractivity contribution in [3.63, 3.8) is 0 Å². The fraction of sp³-hybridized carbons (Fsp3) is 0.154. The molecule has 1 saturated heterocycles. The predicted octanol–water partition coefficient (Wildman–Crippen LogP) is 2.06. The van der Waals surface area contributed by atoms with E-state index in [0.717, 1.165) is 4.90 Å². The average Bonchev–Trinajstić information content (AvgIpc) is 2.70. The van der Waals surface area contributed by atoms with Crippen LogP contribution >= 0.6 is 23.2 Å². The Bertz CT molecular complexity index is 658. The summed E-state index contributed by atoms with van der Waals surface area (Å²) in [5, 5.41) is 3.09. The van der Waals surface area contributed by atoms with Gasteiger partial charge in [-0.05, 0) is 23.8 Å². The second kappa shape index (κ2) is 6.15. The summed E-state index contributed by atoms with van der Waals surface area (Å²) in [4.78, 5) is 35.6. The molecule has 0 unspecified atom stereocenters. The van der Waals surface area contributed by atoms with Gasteiger partial charge in [0.1, 0.15) is 12.2 Å². The van der Waals surface area contributed by atoms with Gasteiger partial charge in [0.2, 0.25) is 0 Å². The summed E-state index contributed by atoms with van der Waals surface area (Å²) in [5.74, 6) is -1.30. The highest BCUT2D eigenvalue weighted by Gasteiger charge is 2.35. The molecule has 1 fully saturated rings. The summed E-state index contributed by atoms with van der Waals surface area (Å²) in [6.07, 6.45) is 1.44. The molecule has 21 heavy (non-hydrogen) atoms. The first-order valence-corrected chi connectivity index (χ1v) is 6.54. The third-order valence-electron chi connectivity index (χ3n) is 2.73. The maximum Gasteiger partial charge on any atom is 0.329 e. The minimum atomic E-state index is -0.686. The van der Waals surface area contributed by atoms with Gasteiger partial charge < -0.3 is 10.1 Å². The van der Waals surface area contributed by atoms with Gasteiger partial charge in [-0.15, -0.1) is 0 Å². The van der Waals surface area contributed by atoms with Crippen molar-refractivity contribution in [3.05, 3.63) is 39.5 Å². The highest BCUT2D eigenvalue weighted by atomic mass is 35.5. The number of esters is 1. The maximum absolute atomic E-state index is 12.0. The molecule has 0 aliphatic carbocycles. The zero-order chi connectivity index (χ0) is 15.6. The zero-order valence-electron chi connectivity index (χ0n) is 10.9. The van der Waals surface area contributed by atoms with E-state index < -0.39 is 24.5 Å². The van der Waals surface area contributed by atoms with Gasteiger partial charge in [0.05, 0.1) is 17.2 Å². The zero-order valence-corrected chi connectivity index (χ0v) is 12.4. The number of ether oxygens (including phenoxy) is 1. The predicted molar refractivity (Wildman–Crippen MR) is 76.7 cm³/mol. The highest BCUT2D eigenvalue weighted by Crippen LogP contribution is 2.24. The van der Waals surface area contributed by atoms with E-state index in [9.17, 15) is 14.4 Å². The van der Waals surface area contributed by atoms with Gasteiger partial charge >= 0.3 is 12.0 Å². The number of hydrogen-bond donors (Lipinski definition) is 1. The molecule has 0 radical (unpaired) electrons. The molecule has 3 amide bonds. The molecule has 1 N–H and O–H groups in total. The van der Waals surface area contributed by atoms with Crippen LogP contribution in [0.5, 0.6) is 0 Å². The van der Waals surface area contributed by atoms with Crippen LogP contribution in [0.15, 0.2) is 23.9 Å². The van der Waals surface area contributed by atoms with Crippen LogP contribution in [0, 0.1) is 0 Å². The molecule has 1 aromatic rings. The average molecular weight is 329 g/mol. The van der Waals surface area contributed by atoms with Crippen LogP contribution in [0.25, 0.3) is 6.08 Å². The van der Waals surface area contributed by atoms with Crippen LogP contribution in [-0.2, 0) is 14.3 Å². The standard InChI is InChI=1S/C13H10Cl2N2O4/c1-21-11(18)6-17-12(19)10(16-13(17)20)5-7-2-3-8(14)9(15)4-7/h2-5H,6H2,1H3,(H,16,20). The van der Waals surface area contributed by atoms with Gasteiger partial charge in [0, 0.05) is 0 Å². The van der Waals surface area contributed by atoms with Crippen LogP contribution in [0.1, 0.15) is 5.56 Å². The van der Waals surface area contributed by atoms with E-state index in [2.05, 4.69) is 10.1 Å². The van der Waals surface area contributed by atoms with E-state index in [4.69, 9.17) is 23.2 Å². The summed E-state index contributed by atoms with van der Waals surface area (Å²) in [6, 6.07) is 4.09. The van der Waals surface area contributed by atoms with Crippen molar-refractivity contribution in [2.75, 3.05) is 13.7 Å². The first-order valence-electron chi connectivity index (χ1n) is 5.79. The number of methoxy groups -OCH3 is 1. The summed E-state index contributed by atoms with van der Waals surface area (Å²) in [5.41, 5.74) is 0.635. The molecule has 6 nitrogen and oxygen atoms in total. The molecule has 110 valence electrons. The summed E-state index contributed by atoms with van der Waals surface area (Å²) in [7, 11) is 1.17. The first kappa shape index (κ1) is 15.3. The number of nitrogens with one attached hydrogen (secondary N) is 1. The Kier molecular flexibility index (Phi) is 4.50. The molecule has 0 saturated carbocycles. The summed E-state index contributed by atoms with van der Waals surface area (Å²) in [6.45, 7) is -0.445. The van der Waals surface area contributed by atoms with E-state index >= 15 is 0 Å². The molecule has 2 rings (SSSR count). The van der Waals surface area contributed by atoms with Crippen molar-refractivity contribution in [2.45, 2.75) is 0 Å². The summed E-state index contributed by atoms with van der Waals surface area (Å²) < 4.78 is 4.43. The Balaban J connectivity index is 2.23. The lowest BCUT2D eigenvalue weighted by Crippen LogP contribution is -2.36. The number of hydrogen-bond acceptors (Lipinski definition) is 4. The smallest absolute Gasteiger partial charge is 0.329 e. The Morgan fingerprint density at radius 1 is 1.33 bits per heavy atom. The van der Waals surface area contributed by atoms with Crippen LogP contribution in [0.2, 0.25) is 10.0 Å². The third-order valence-corrected chi connectivity index (χ3v) is 3.47. The number of rotatable bonds is 3. The number of imide groups is 1. The minimum absolute atomic E-state index is 0.0438. The van der Waals surface area contributed by atoms with Crippen LogP contribution in [0.3, 0.4) is 0 Å². The van der Waals surface area contributed by atoms with Crippen LogP contribution in [0.4, 0.5) is 4.79 Å². The first-order chi connectivity index (χ1) is 9.92. The van der Waals surface area contributed by atoms with Gasteiger partial charge in [-0.25, -0.2) is 9.69 Å².